The van der Waals surface area contributed by atoms with E-state index in [0.717, 1.165) is 4.47 Å². The third kappa shape index (κ3) is 7.38. The maximum atomic E-state index is 14.2. The van der Waals surface area contributed by atoms with Gasteiger partial charge in [-0.05, 0) is 42.7 Å². The molecule has 0 spiro atoms. The fraction of sp³-hybridized carbons (Fsp3) is 0.100. The first-order valence-electron chi connectivity index (χ1n) is 8.95. The zero-order chi connectivity index (χ0) is 25.5. The zero-order valence-corrected chi connectivity index (χ0v) is 21.2. The van der Waals surface area contributed by atoms with Gasteiger partial charge in [-0.1, -0.05) is 40.2 Å². The molecule has 3 aromatic rings. The molecular formula is C20H17BrF3N3O4S3. The summed E-state index contributed by atoms with van der Waals surface area (Å²) in [4.78, 5) is 16.0. The number of hydrogen-bond acceptors (Lipinski definition) is 7. The third-order valence-electron chi connectivity index (χ3n) is 3.87. The fourth-order valence-electron chi connectivity index (χ4n) is 2.44. The van der Waals surface area contributed by atoms with Gasteiger partial charge in [0.05, 0.1) is 18.9 Å². The first kappa shape index (κ1) is 28.0. The van der Waals surface area contributed by atoms with Crippen molar-refractivity contribution in [2.75, 3.05) is 6.26 Å². The number of rotatable bonds is 5. The summed E-state index contributed by atoms with van der Waals surface area (Å²) < 4.78 is 50.8. The van der Waals surface area contributed by atoms with Crippen molar-refractivity contribution in [3.63, 3.8) is 0 Å². The first-order chi connectivity index (χ1) is 15.9. The van der Waals surface area contributed by atoms with E-state index in [1.165, 1.54) is 23.1 Å². The van der Waals surface area contributed by atoms with Gasteiger partial charge in [0.25, 0.3) is 5.91 Å². The number of hydrogen-bond donors (Lipinski definition) is 3. The number of nitrogen functional groups attached to an aromatic ring is 1. The molecule has 2 aromatic carbocycles. The normalized spacial score (nSPS) is 12.8. The van der Waals surface area contributed by atoms with Gasteiger partial charge in [0, 0.05) is 10.0 Å². The van der Waals surface area contributed by atoms with Gasteiger partial charge in [-0.3, -0.25) is 10.2 Å². The fourth-order valence-corrected chi connectivity index (χ4v) is 7.48. The minimum Gasteiger partial charge on any atom is -0.383 e. The number of nitrogens with zero attached hydrogens (tertiary/aromatic N) is 1. The van der Waals surface area contributed by atoms with Crippen molar-refractivity contribution >= 4 is 60.5 Å². The molecule has 1 aromatic heterocycles. The Morgan fingerprint density at radius 3 is 2.32 bits per heavy atom. The second-order valence-electron chi connectivity index (χ2n) is 6.16. The molecule has 34 heavy (non-hydrogen) atoms. The molecule has 3 rings (SSSR count). The monoisotopic (exact) mass is 595 g/mol. The molecule has 0 radical (unpaired) electrons. The van der Waals surface area contributed by atoms with E-state index in [1.807, 2.05) is 17.2 Å². The van der Waals surface area contributed by atoms with Crippen LogP contribution in [0, 0.1) is 5.41 Å². The van der Waals surface area contributed by atoms with Crippen molar-refractivity contribution in [3.8, 4) is 0 Å². The lowest BCUT2D eigenvalue weighted by Crippen LogP contribution is -2.09. The molecule has 0 aliphatic carbocycles. The lowest BCUT2D eigenvalue weighted by Gasteiger charge is -2.11. The zero-order valence-electron chi connectivity index (χ0n) is 17.2. The van der Waals surface area contributed by atoms with Crippen molar-refractivity contribution in [3.05, 3.63) is 75.6 Å². The number of nitrogens with two attached hydrogens (primary N) is 1. The van der Waals surface area contributed by atoms with E-state index < -0.39 is 22.0 Å². The van der Waals surface area contributed by atoms with E-state index in [4.69, 9.17) is 16.4 Å². The molecule has 1 atom stereocenters. The third-order valence-corrected chi connectivity index (χ3v) is 9.16. The minimum absolute atomic E-state index is 0.114. The van der Waals surface area contributed by atoms with Crippen LogP contribution in [0.25, 0.3) is 0 Å². The molecule has 1 amide bonds. The van der Waals surface area contributed by atoms with Gasteiger partial charge in [0.15, 0.2) is 0 Å². The molecule has 1 heterocycles. The van der Waals surface area contributed by atoms with Crippen LogP contribution >= 0.6 is 39.0 Å². The van der Waals surface area contributed by atoms with Crippen LogP contribution in [0.15, 0.2) is 83.5 Å². The van der Waals surface area contributed by atoms with Gasteiger partial charge < -0.3 is 5.73 Å². The van der Waals surface area contributed by atoms with Crippen LogP contribution in [0.1, 0.15) is 15.2 Å². The predicted octanol–water partition coefficient (Wildman–Crippen LogP) is 6.24. The quantitative estimate of drug-likeness (QED) is 0.105. The van der Waals surface area contributed by atoms with E-state index in [2.05, 4.69) is 20.3 Å². The Bertz CT molecular complexity index is 1290. The van der Waals surface area contributed by atoms with E-state index in [0.29, 0.717) is 24.4 Å². The van der Waals surface area contributed by atoms with Crippen LogP contribution in [0.3, 0.4) is 0 Å². The molecule has 0 saturated heterocycles. The topological polar surface area (TPSA) is 126 Å². The number of alkyl halides is 3. The summed E-state index contributed by atoms with van der Waals surface area (Å²) in [6.07, 6.45) is -3.06. The largest absolute Gasteiger partial charge is 0.549 e. The lowest BCUT2D eigenvalue weighted by molar-refractivity contribution is -0.464. The number of nitrogens with one attached hydrogen (secondary N) is 1. The summed E-state index contributed by atoms with van der Waals surface area (Å²) >= 11 is 6.05. The summed E-state index contributed by atoms with van der Waals surface area (Å²) in [7, 11) is -3.29. The Morgan fingerprint density at radius 2 is 1.82 bits per heavy atom. The van der Waals surface area contributed by atoms with Crippen LogP contribution in [-0.4, -0.2) is 33.8 Å². The Hall–Kier alpha value is -2.23. The summed E-state index contributed by atoms with van der Waals surface area (Å²) in [5.74, 6) is -0.676. The highest BCUT2D eigenvalue weighted by Gasteiger charge is 2.29. The Kier molecular flexibility index (Phi) is 9.84. The van der Waals surface area contributed by atoms with Crippen molar-refractivity contribution in [1.82, 2.24) is 0 Å². The van der Waals surface area contributed by atoms with E-state index in [9.17, 15) is 22.2 Å². The average molecular weight is 596 g/mol. The van der Waals surface area contributed by atoms with Gasteiger partial charge in [-0.15, -0.1) is 45.5 Å². The molecule has 14 heteroatoms. The predicted molar refractivity (Wildman–Crippen MR) is 129 cm³/mol. The summed E-state index contributed by atoms with van der Waals surface area (Å²) in [6, 6.07) is 17.1. The standard InChI is InChI=1S/C19H16BrN3O2S3.CHF3O2/c1-26-19-16(11-15(27-19)17(21)22)28(25,14-9-5-8-13(20)10-14)23-18(24)12-6-3-2-4-7-12;2-1(3,4)6-5/h2-11H,1H3,(H3,21,22);5H. The number of thioether (sulfide) groups is 1. The SMILES string of the molecule is CSc1sc(C(=N)N)cc1S(=O)(=NC(=O)c1ccccc1)c1cccc(Br)c1.OOC(F)(F)F. The Labute approximate surface area is 209 Å². The Balaban J connectivity index is 0.000000604. The van der Waals surface area contributed by atoms with Gasteiger partial charge in [-0.25, -0.2) is 9.47 Å². The second kappa shape index (κ2) is 12.0. The number of amidine groups is 1. The molecule has 1 unspecified atom stereocenters. The molecule has 0 saturated carbocycles. The van der Waals surface area contributed by atoms with E-state index in [-0.39, 0.29) is 5.84 Å². The molecule has 0 bridgehead atoms. The molecule has 4 N–H and O–H groups in total. The minimum atomic E-state index is -4.90. The van der Waals surface area contributed by atoms with Gasteiger partial charge in [0.2, 0.25) is 0 Å². The smallest absolute Gasteiger partial charge is 0.383 e. The van der Waals surface area contributed by atoms with Crippen LogP contribution in [0.5, 0.6) is 0 Å². The van der Waals surface area contributed by atoms with Crippen molar-refractivity contribution in [1.29, 1.82) is 5.41 Å². The number of carbonyl (C=O) groups excluding carboxylic acids is 1. The maximum absolute atomic E-state index is 14.2. The molecule has 0 aliphatic rings. The van der Waals surface area contributed by atoms with Crippen LogP contribution < -0.4 is 5.73 Å². The molecular weight excluding hydrogens is 579 g/mol. The molecule has 182 valence electrons. The van der Waals surface area contributed by atoms with Crippen molar-refractivity contribution in [2.24, 2.45) is 10.1 Å². The van der Waals surface area contributed by atoms with Gasteiger partial charge in [0.1, 0.15) is 15.6 Å². The van der Waals surface area contributed by atoms with Gasteiger partial charge >= 0.3 is 6.36 Å². The number of thiophene rings is 1. The Morgan fingerprint density at radius 1 is 1.21 bits per heavy atom. The van der Waals surface area contributed by atoms with Crippen LogP contribution in [-0.2, 0) is 14.6 Å². The number of carbonyl (C=O) groups is 1. The highest BCUT2D eigenvalue weighted by molar-refractivity contribution is 9.10. The number of halogens is 4. The van der Waals surface area contributed by atoms with E-state index >= 15 is 0 Å². The summed E-state index contributed by atoms with van der Waals surface area (Å²) in [6.45, 7) is 0. The van der Waals surface area contributed by atoms with Gasteiger partial charge in [-0.2, -0.15) is 0 Å². The second-order valence-corrected chi connectivity index (χ2v) is 11.4. The van der Waals surface area contributed by atoms with Crippen LogP contribution in [0.4, 0.5) is 13.2 Å². The average Bonchev–Trinajstić information content (AvgIpc) is 3.25. The maximum Gasteiger partial charge on any atom is 0.549 e. The summed E-state index contributed by atoms with van der Waals surface area (Å²) in [5, 5.41) is 14.5. The highest BCUT2D eigenvalue weighted by atomic mass is 79.9. The van der Waals surface area contributed by atoms with E-state index in [1.54, 1.807) is 54.6 Å². The lowest BCUT2D eigenvalue weighted by atomic mass is 10.2. The molecule has 7 nitrogen and oxygen atoms in total. The molecule has 0 aliphatic heterocycles. The highest BCUT2D eigenvalue weighted by Crippen LogP contribution is 2.38. The van der Waals surface area contributed by atoms with Crippen LogP contribution in [0.2, 0.25) is 0 Å². The van der Waals surface area contributed by atoms with Crippen molar-refractivity contribution in [2.45, 2.75) is 20.4 Å². The first-order valence-corrected chi connectivity index (χ1v) is 13.3. The summed E-state index contributed by atoms with van der Waals surface area (Å²) in [5.41, 5.74) is 5.99. The number of amides is 1. The number of benzene rings is 2. The van der Waals surface area contributed by atoms with Crippen molar-refractivity contribution < 1.29 is 32.3 Å². The molecule has 0 fully saturated rings.